The van der Waals surface area contributed by atoms with Gasteiger partial charge in [-0.05, 0) is 42.5 Å². The maximum atomic E-state index is 13.2. The lowest BCUT2D eigenvalue weighted by Gasteiger charge is -2.06. The normalized spacial score (nSPS) is 10.7. The lowest BCUT2D eigenvalue weighted by Crippen LogP contribution is -2.14. The maximum absolute atomic E-state index is 13.2. The minimum Gasteiger partial charge on any atom is -0.325 e. The smallest absolute Gasteiger partial charge is 0.234 e. The molecule has 2 heterocycles. The molecule has 150 valence electrons. The van der Waals surface area contributed by atoms with Crippen LogP contribution < -0.4 is 5.32 Å². The molecule has 2 aromatic heterocycles. The lowest BCUT2D eigenvalue weighted by atomic mass is 10.1. The molecule has 0 spiro atoms. The van der Waals surface area contributed by atoms with E-state index in [0.29, 0.717) is 10.7 Å². The van der Waals surface area contributed by atoms with Crippen LogP contribution in [0.15, 0.2) is 78.3 Å². The Morgan fingerprint density at radius 2 is 1.93 bits per heavy atom. The lowest BCUT2D eigenvalue weighted by molar-refractivity contribution is -0.113. The summed E-state index contributed by atoms with van der Waals surface area (Å²) in [7, 11) is 0. The van der Waals surface area contributed by atoms with Crippen molar-refractivity contribution in [3.63, 3.8) is 0 Å². The molecule has 30 heavy (non-hydrogen) atoms. The molecule has 2 aromatic carbocycles. The van der Waals surface area contributed by atoms with Gasteiger partial charge >= 0.3 is 0 Å². The SMILES string of the molecule is O=C(CSc1ccc(-c2ccc(-n3ccnc3)cc2)nn1)Nc1ccc(F)c(Cl)c1. The summed E-state index contributed by atoms with van der Waals surface area (Å²) >= 11 is 6.97. The molecule has 0 radical (unpaired) electrons. The number of carbonyl (C=O) groups excluding carboxylic acids is 1. The van der Waals surface area contributed by atoms with Gasteiger partial charge in [0.25, 0.3) is 0 Å². The Balaban J connectivity index is 1.34. The first-order valence-electron chi connectivity index (χ1n) is 8.89. The number of nitrogens with one attached hydrogen (secondary N) is 1. The van der Waals surface area contributed by atoms with Crippen molar-refractivity contribution < 1.29 is 9.18 Å². The van der Waals surface area contributed by atoms with Gasteiger partial charge < -0.3 is 9.88 Å². The maximum Gasteiger partial charge on any atom is 0.234 e. The highest BCUT2D eigenvalue weighted by atomic mass is 35.5. The van der Waals surface area contributed by atoms with E-state index >= 15 is 0 Å². The highest BCUT2D eigenvalue weighted by Crippen LogP contribution is 2.22. The van der Waals surface area contributed by atoms with E-state index in [0.717, 1.165) is 16.9 Å². The predicted octanol–water partition coefficient (Wildman–Crippen LogP) is 4.85. The molecule has 0 saturated heterocycles. The molecule has 0 fully saturated rings. The fourth-order valence-electron chi connectivity index (χ4n) is 2.68. The quantitative estimate of drug-likeness (QED) is 0.435. The summed E-state index contributed by atoms with van der Waals surface area (Å²) in [5.41, 5.74) is 3.12. The zero-order chi connectivity index (χ0) is 20.9. The molecular formula is C21H15ClFN5OS. The van der Waals surface area contributed by atoms with E-state index < -0.39 is 5.82 Å². The summed E-state index contributed by atoms with van der Waals surface area (Å²) in [5.74, 6) is -0.637. The van der Waals surface area contributed by atoms with Crippen LogP contribution in [0.3, 0.4) is 0 Å². The minimum absolute atomic E-state index is 0.0417. The Labute approximate surface area is 181 Å². The molecule has 0 aliphatic heterocycles. The van der Waals surface area contributed by atoms with Gasteiger partial charge in [0.1, 0.15) is 10.8 Å². The average molecular weight is 440 g/mol. The number of carbonyl (C=O) groups is 1. The van der Waals surface area contributed by atoms with Crippen LogP contribution in [0, 0.1) is 5.82 Å². The first-order valence-corrected chi connectivity index (χ1v) is 10.2. The van der Waals surface area contributed by atoms with Crippen molar-refractivity contribution in [2.75, 3.05) is 11.1 Å². The number of nitrogens with zero attached hydrogens (tertiary/aromatic N) is 4. The van der Waals surface area contributed by atoms with E-state index in [1.165, 1.54) is 30.0 Å². The van der Waals surface area contributed by atoms with Crippen LogP contribution >= 0.6 is 23.4 Å². The first kappa shape index (κ1) is 20.1. The van der Waals surface area contributed by atoms with Crippen molar-refractivity contribution >= 4 is 35.0 Å². The van der Waals surface area contributed by atoms with Crippen molar-refractivity contribution in [1.29, 1.82) is 0 Å². The number of thioether (sulfide) groups is 1. The van der Waals surface area contributed by atoms with Crippen molar-refractivity contribution in [3.8, 4) is 16.9 Å². The summed E-state index contributed by atoms with van der Waals surface area (Å²) < 4.78 is 15.1. The summed E-state index contributed by atoms with van der Waals surface area (Å²) in [5, 5.41) is 11.7. The van der Waals surface area contributed by atoms with Gasteiger partial charge in [0.15, 0.2) is 0 Å². The molecule has 4 aromatic rings. The number of rotatable bonds is 6. The largest absolute Gasteiger partial charge is 0.325 e. The monoisotopic (exact) mass is 439 g/mol. The van der Waals surface area contributed by atoms with Crippen LogP contribution in [-0.4, -0.2) is 31.4 Å². The zero-order valence-corrected chi connectivity index (χ0v) is 17.1. The Kier molecular flexibility index (Phi) is 6.06. The van der Waals surface area contributed by atoms with Crippen molar-refractivity contribution in [2.24, 2.45) is 0 Å². The Morgan fingerprint density at radius 3 is 2.60 bits per heavy atom. The van der Waals surface area contributed by atoms with Crippen LogP contribution in [0.2, 0.25) is 5.02 Å². The van der Waals surface area contributed by atoms with Crippen LogP contribution in [0.5, 0.6) is 0 Å². The second kappa shape index (κ2) is 9.06. The third-order valence-electron chi connectivity index (χ3n) is 4.16. The molecule has 0 atom stereocenters. The molecule has 0 aliphatic carbocycles. The van der Waals surface area contributed by atoms with Gasteiger partial charge in [-0.25, -0.2) is 9.37 Å². The number of amides is 1. The molecule has 1 amide bonds. The van der Waals surface area contributed by atoms with E-state index in [2.05, 4.69) is 20.5 Å². The third kappa shape index (κ3) is 4.84. The molecule has 6 nitrogen and oxygen atoms in total. The van der Waals surface area contributed by atoms with Crippen molar-refractivity contribution in [2.45, 2.75) is 5.03 Å². The van der Waals surface area contributed by atoms with Gasteiger partial charge in [-0.1, -0.05) is 35.5 Å². The molecule has 1 N–H and O–H groups in total. The summed E-state index contributed by atoms with van der Waals surface area (Å²) in [6.07, 6.45) is 5.34. The summed E-state index contributed by atoms with van der Waals surface area (Å²) in [6.45, 7) is 0. The standard InChI is InChI=1S/C21H15ClFN5OS/c22-17-11-15(3-6-18(17)23)25-20(29)12-30-21-8-7-19(26-27-21)14-1-4-16(5-2-14)28-10-9-24-13-28/h1-11,13H,12H2,(H,25,29). The van der Waals surface area contributed by atoms with Crippen LogP contribution in [-0.2, 0) is 4.79 Å². The van der Waals surface area contributed by atoms with E-state index in [4.69, 9.17) is 11.6 Å². The highest BCUT2D eigenvalue weighted by molar-refractivity contribution is 7.99. The van der Waals surface area contributed by atoms with Crippen molar-refractivity contribution in [1.82, 2.24) is 19.7 Å². The van der Waals surface area contributed by atoms with Gasteiger partial charge in [-0.2, -0.15) is 0 Å². The molecule has 0 unspecified atom stereocenters. The van der Waals surface area contributed by atoms with Gasteiger partial charge in [0.05, 0.1) is 22.8 Å². The topological polar surface area (TPSA) is 72.7 Å². The molecule has 4 rings (SSSR count). The number of halogens is 2. The number of hydrogen-bond acceptors (Lipinski definition) is 5. The first-order chi connectivity index (χ1) is 14.6. The average Bonchev–Trinajstić information content (AvgIpc) is 3.30. The second-order valence-electron chi connectivity index (χ2n) is 6.24. The third-order valence-corrected chi connectivity index (χ3v) is 5.37. The fraction of sp³-hybridized carbons (Fsp3) is 0.0476. The highest BCUT2D eigenvalue weighted by Gasteiger charge is 2.08. The van der Waals surface area contributed by atoms with Gasteiger partial charge in [-0.3, -0.25) is 4.79 Å². The summed E-state index contributed by atoms with van der Waals surface area (Å²) in [4.78, 5) is 16.1. The molecule has 0 aliphatic rings. The molecule has 0 saturated carbocycles. The molecular weight excluding hydrogens is 425 g/mol. The van der Waals surface area contributed by atoms with Crippen molar-refractivity contribution in [3.05, 3.63) is 84.2 Å². The van der Waals surface area contributed by atoms with Gasteiger partial charge in [0.2, 0.25) is 5.91 Å². The van der Waals surface area contributed by atoms with Crippen LogP contribution in [0.1, 0.15) is 0 Å². The number of benzene rings is 2. The number of hydrogen-bond donors (Lipinski definition) is 1. The zero-order valence-electron chi connectivity index (χ0n) is 15.5. The van der Waals surface area contributed by atoms with Gasteiger partial charge in [-0.15, -0.1) is 10.2 Å². The molecule has 0 bridgehead atoms. The van der Waals surface area contributed by atoms with Crippen LogP contribution in [0.4, 0.5) is 10.1 Å². The number of imidazole rings is 1. The van der Waals surface area contributed by atoms with E-state index in [-0.39, 0.29) is 16.7 Å². The van der Waals surface area contributed by atoms with Gasteiger partial charge in [0, 0.05) is 29.3 Å². The van der Waals surface area contributed by atoms with E-state index in [9.17, 15) is 9.18 Å². The van der Waals surface area contributed by atoms with Crippen LogP contribution in [0.25, 0.3) is 16.9 Å². The van der Waals surface area contributed by atoms with E-state index in [1.54, 1.807) is 12.5 Å². The number of anilines is 1. The fourth-order valence-corrected chi connectivity index (χ4v) is 3.47. The Morgan fingerprint density at radius 1 is 1.10 bits per heavy atom. The van der Waals surface area contributed by atoms with E-state index in [1.807, 2.05) is 47.2 Å². The minimum atomic E-state index is -0.532. The number of aromatic nitrogens is 4. The second-order valence-corrected chi connectivity index (χ2v) is 7.64. The Hall–Kier alpha value is -3.23. The Bertz CT molecular complexity index is 1150. The molecule has 9 heteroatoms. The predicted molar refractivity (Wildman–Crippen MR) is 115 cm³/mol. The summed E-state index contributed by atoms with van der Waals surface area (Å²) in [6, 6.07) is 15.6.